The van der Waals surface area contributed by atoms with Gasteiger partial charge in [0.2, 0.25) is 0 Å². The molecule has 5 nitrogen and oxygen atoms in total. The minimum Gasteiger partial charge on any atom is -0.351 e. The topological polar surface area (TPSA) is 61.0 Å². The molecule has 1 aromatic heterocycles. The van der Waals surface area contributed by atoms with Gasteiger partial charge in [0.1, 0.15) is 0 Å². The molecule has 1 aliphatic heterocycles. The molecule has 0 bridgehead atoms. The first-order valence-corrected chi connectivity index (χ1v) is 6.28. The van der Waals surface area contributed by atoms with Crippen molar-refractivity contribution in [1.82, 2.24) is 20.4 Å². The van der Waals surface area contributed by atoms with Crippen LogP contribution in [-0.2, 0) is 0 Å². The summed E-state index contributed by atoms with van der Waals surface area (Å²) in [5.74, 6) is -0.0340. The zero-order valence-corrected chi connectivity index (χ0v) is 10.3. The van der Waals surface area contributed by atoms with E-state index in [0.29, 0.717) is 12.1 Å². The number of carbonyl (C=O) groups excluding carboxylic acids is 1. The van der Waals surface area contributed by atoms with Gasteiger partial charge in [0, 0.05) is 18.8 Å². The van der Waals surface area contributed by atoms with Crippen molar-refractivity contribution < 1.29 is 4.79 Å². The number of aryl methyl sites for hydroxylation is 1. The number of likely N-dealkylation sites (tertiary alicyclic amines) is 1. The van der Waals surface area contributed by atoms with Gasteiger partial charge in [-0.2, -0.15) is 5.10 Å². The van der Waals surface area contributed by atoms with Gasteiger partial charge in [-0.1, -0.05) is 6.42 Å². The minimum atomic E-state index is -0.0340. The second kappa shape index (κ2) is 5.82. The second-order valence-electron chi connectivity index (χ2n) is 4.57. The Bertz CT molecular complexity index is 368. The molecule has 1 amide bonds. The van der Waals surface area contributed by atoms with Crippen LogP contribution in [0.2, 0.25) is 0 Å². The minimum absolute atomic E-state index is 0.0340. The van der Waals surface area contributed by atoms with Gasteiger partial charge in [-0.05, 0) is 32.9 Å². The van der Waals surface area contributed by atoms with E-state index in [1.807, 2.05) is 6.92 Å². The SMILES string of the molecule is Cc1[nH]ncc1C(=O)NCCN1CCCCC1. The van der Waals surface area contributed by atoms with Gasteiger partial charge in [-0.3, -0.25) is 9.89 Å². The number of amides is 1. The molecular weight excluding hydrogens is 216 g/mol. The molecule has 0 saturated carbocycles. The average molecular weight is 236 g/mol. The third-order valence-corrected chi connectivity index (χ3v) is 3.24. The van der Waals surface area contributed by atoms with Crippen molar-refractivity contribution in [3.05, 3.63) is 17.5 Å². The summed E-state index contributed by atoms with van der Waals surface area (Å²) in [7, 11) is 0. The molecule has 0 radical (unpaired) electrons. The molecular formula is C12H20N4O. The molecule has 5 heteroatoms. The van der Waals surface area contributed by atoms with Gasteiger partial charge in [-0.25, -0.2) is 0 Å². The second-order valence-corrected chi connectivity index (χ2v) is 4.57. The van der Waals surface area contributed by atoms with Crippen molar-refractivity contribution in [3.63, 3.8) is 0 Å². The molecule has 0 unspecified atom stereocenters. The fraction of sp³-hybridized carbons (Fsp3) is 0.667. The first-order valence-electron chi connectivity index (χ1n) is 6.28. The average Bonchev–Trinajstić information content (AvgIpc) is 2.77. The van der Waals surface area contributed by atoms with Crippen LogP contribution >= 0.6 is 0 Å². The maximum absolute atomic E-state index is 11.8. The van der Waals surface area contributed by atoms with Crippen molar-refractivity contribution in [2.45, 2.75) is 26.2 Å². The molecule has 1 aliphatic rings. The predicted molar refractivity (Wildman–Crippen MR) is 65.9 cm³/mol. The van der Waals surface area contributed by atoms with Crippen molar-refractivity contribution in [3.8, 4) is 0 Å². The van der Waals surface area contributed by atoms with E-state index in [1.165, 1.54) is 32.4 Å². The molecule has 0 spiro atoms. The maximum atomic E-state index is 11.8. The lowest BCUT2D eigenvalue weighted by molar-refractivity contribution is 0.0946. The van der Waals surface area contributed by atoms with Crippen LogP contribution in [0.3, 0.4) is 0 Å². The van der Waals surface area contributed by atoms with Gasteiger partial charge < -0.3 is 10.2 Å². The third-order valence-electron chi connectivity index (χ3n) is 3.24. The molecule has 2 rings (SSSR count). The number of hydrogen-bond donors (Lipinski definition) is 2. The number of aromatic nitrogens is 2. The summed E-state index contributed by atoms with van der Waals surface area (Å²) in [5.41, 5.74) is 1.46. The van der Waals surface area contributed by atoms with Crippen molar-refractivity contribution in [1.29, 1.82) is 0 Å². The molecule has 0 aliphatic carbocycles. The highest BCUT2D eigenvalue weighted by atomic mass is 16.1. The molecule has 17 heavy (non-hydrogen) atoms. The number of nitrogens with one attached hydrogen (secondary N) is 2. The number of piperidine rings is 1. The Morgan fingerprint density at radius 3 is 2.88 bits per heavy atom. The van der Waals surface area contributed by atoms with Crippen LogP contribution in [0.1, 0.15) is 35.3 Å². The van der Waals surface area contributed by atoms with Crippen LogP contribution in [0.5, 0.6) is 0 Å². The molecule has 1 aromatic rings. The van der Waals surface area contributed by atoms with Crippen LogP contribution in [0, 0.1) is 6.92 Å². The van der Waals surface area contributed by atoms with Gasteiger partial charge in [0.25, 0.3) is 5.91 Å². The smallest absolute Gasteiger partial charge is 0.254 e. The van der Waals surface area contributed by atoms with Crippen LogP contribution < -0.4 is 5.32 Å². The predicted octanol–water partition coefficient (Wildman–Crippen LogP) is 0.934. The molecule has 0 aromatic carbocycles. The number of rotatable bonds is 4. The van der Waals surface area contributed by atoms with E-state index in [0.717, 1.165) is 12.2 Å². The normalized spacial score (nSPS) is 17.0. The van der Waals surface area contributed by atoms with Crippen LogP contribution in [-0.4, -0.2) is 47.2 Å². The first kappa shape index (κ1) is 12.1. The summed E-state index contributed by atoms with van der Waals surface area (Å²) >= 11 is 0. The van der Waals surface area contributed by atoms with Gasteiger partial charge in [0.15, 0.2) is 0 Å². The monoisotopic (exact) mass is 236 g/mol. The Morgan fingerprint density at radius 1 is 1.47 bits per heavy atom. The number of aromatic amines is 1. The standard InChI is InChI=1S/C12H20N4O/c1-10-11(9-14-15-10)12(17)13-5-8-16-6-3-2-4-7-16/h9H,2-8H2,1H3,(H,13,17)(H,14,15). The molecule has 2 N–H and O–H groups in total. The molecule has 1 fully saturated rings. The van der Waals surface area contributed by atoms with Gasteiger partial charge in [0.05, 0.1) is 11.8 Å². The number of hydrogen-bond acceptors (Lipinski definition) is 3. The molecule has 2 heterocycles. The summed E-state index contributed by atoms with van der Waals surface area (Å²) in [6.45, 7) is 5.85. The third kappa shape index (κ3) is 3.30. The summed E-state index contributed by atoms with van der Waals surface area (Å²) in [6, 6.07) is 0. The fourth-order valence-corrected chi connectivity index (χ4v) is 2.19. The van der Waals surface area contributed by atoms with E-state index in [-0.39, 0.29) is 5.91 Å². The molecule has 94 valence electrons. The number of carbonyl (C=O) groups is 1. The first-order chi connectivity index (χ1) is 8.27. The van der Waals surface area contributed by atoms with Crippen molar-refractivity contribution in [2.24, 2.45) is 0 Å². The lowest BCUT2D eigenvalue weighted by Crippen LogP contribution is -2.37. The van der Waals surface area contributed by atoms with Crippen molar-refractivity contribution in [2.75, 3.05) is 26.2 Å². The Morgan fingerprint density at radius 2 is 2.24 bits per heavy atom. The highest BCUT2D eigenvalue weighted by Crippen LogP contribution is 2.07. The quantitative estimate of drug-likeness (QED) is 0.817. The van der Waals surface area contributed by atoms with Crippen LogP contribution in [0.15, 0.2) is 6.20 Å². The van der Waals surface area contributed by atoms with E-state index in [1.54, 1.807) is 6.20 Å². The van der Waals surface area contributed by atoms with E-state index in [9.17, 15) is 4.79 Å². The Balaban J connectivity index is 1.71. The van der Waals surface area contributed by atoms with Gasteiger partial charge >= 0.3 is 0 Å². The van der Waals surface area contributed by atoms with E-state index >= 15 is 0 Å². The highest BCUT2D eigenvalue weighted by Gasteiger charge is 2.12. The maximum Gasteiger partial charge on any atom is 0.254 e. The largest absolute Gasteiger partial charge is 0.351 e. The summed E-state index contributed by atoms with van der Waals surface area (Å²) < 4.78 is 0. The summed E-state index contributed by atoms with van der Waals surface area (Å²) in [6.07, 6.45) is 5.49. The lowest BCUT2D eigenvalue weighted by atomic mass is 10.1. The number of H-pyrrole nitrogens is 1. The molecule has 0 atom stereocenters. The van der Waals surface area contributed by atoms with Crippen molar-refractivity contribution >= 4 is 5.91 Å². The Hall–Kier alpha value is -1.36. The zero-order chi connectivity index (χ0) is 12.1. The van der Waals surface area contributed by atoms with Crippen LogP contribution in [0.4, 0.5) is 0 Å². The summed E-state index contributed by atoms with van der Waals surface area (Å²) in [5, 5.41) is 9.55. The summed E-state index contributed by atoms with van der Waals surface area (Å²) in [4.78, 5) is 14.2. The highest BCUT2D eigenvalue weighted by molar-refractivity contribution is 5.94. The lowest BCUT2D eigenvalue weighted by Gasteiger charge is -2.26. The van der Waals surface area contributed by atoms with E-state index in [2.05, 4.69) is 20.4 Å². The van der Waals surface area contributed by atoms with Gasteiger partial charge in [-0.15, -0.1) is 0 Å². The van der Waals surface area contributed by atoms with E-state index in [4.69, 9.17) is 0 Å². The zero-order valence-electron chi connectivity index (χ0n) is 10.3. The van der Waals surface area contributed by atoms with Crippen LogP contribution in [0.25, 0.3) is 0 Å². The number of nitrogens with zero attached hydrogens (tertiary/aromatic N) is 2. The fourth-order valence-electron chi connectivity index (χ4n) is 2.19. The Labute approximate surface area is 102 Å². The van der Waals surface area contributed by atoms with E-state index < -0.39 is 0 Å². The Kier molecular flexibility index (Phi) is 4.14. The molecule has 1 saturated heterocycles.